The summed E-state index contributed by atoms with van der Waals surface area (Å²) in [6, 6.07) is 1.69. The molecule has 1 saturated carbocycles. The van der Waals surface area contributed by atoms with Crippen molar-refractivity contribution < 1.29 is 14.3 Å². The van der Waals surface area contributed by atoms with Gasteiger partial charge in [0.1, 0.15) is 5.60 Å². The van der Waals surface area contributed by atoms with E-state index in [0.29, 0.717) is 29.2 Å². The summed E-state index contributed by atoms with van der Waals surface area (Å²) < 4.78 is 12.1. The summed E-state index contributed by atoms with van der Waals surface area (Å²) in [7, 11) is 0. The molecule has 0 saturated heterocycles. The van der Waals surface area contributed by atoms with Crippen LogP contribution in [0.1, 0.15) is 54.9 Å². The van der Waals surface area contributed by atoms with Gasteiger partial charge in [0.15, 0.2) is 0 Å². The summed E-state index contributed by atoms with van der Waals surface area (Å²) in [6.07, 6.45) is 2.07. The molecule has 1 fully saturated rings. The predicted molar refractivity (Wildman–Crippen MR) is 85.0 cm³/mol. The van der Waals surface area contributed by atoms with Gasteiger partial charge in [0.2, 0.25) is 5.88 Å². The first-order valence-corrected chi connectivity index (χ1v) is 7.87. The molecule has 1 aromatic rings. The Kier molecular flexibility index (Phi) is 4.05. The number of aromatic nitrogens is 2. The minimum Gasteiger partial charge on any atom is -0.477 e. The van der Waals surface area contributed by atoms with Crippen molar-refractivity contribution >= 4 is 6.09 Å². The molecule has 124 valence electrons. The average Bonchev–Trinajstić information content (AvgIpc) is 2.70. The average molecular weight is 308 g/mol. The summed E-state index contributed by atoms with van der Waals surface area (Å²) in [5, 5.41) is 4.10. The topological polar surface area (TPSA) is 53.4 Å². The van der Waals surface area contributed by atoms with E-state index in [2.05, 4.69) is 32.8 Å². The van der Waals surface area contributed by atoms with Crippen molar-refractivity contribution in [1.29, 1.82) is 0 Å². The van der Waals surface area contributed by atoms with Crippen LogP contribution in [0.2, 0.25) is 0 Å². The molecule has 0 amide bonds. The number of carbonyl (C=O) groups is 1. The standard InChI is InChI=1S/C17H28N2O3/c1-15(2,3)22-14(20)19-10-8-13(18-19)21-11-9-12-16(4,5)17(12,6)7/h8,10,12H,9,11H2,1-7H3. The van der Waals surface area contributed by atoms with Crippen LogP contribution < -0.4 is 4.74 Å². The zero-order valence-corrected chi connectivity index (χ0v) is 14.8. The van der Waals surface area contributed by atoms with Crippen molar-refractivity contribution in [2.24, 2.45) is 16.7 Å². The quantitative estimate of drug-likeness (QED) is 0.839. The Morgan fingerprint density at radius 2 is 1.86 bits per heavy atom. The van der Waals surface area contributed by atoms with E-state index in [0.717, 1.165) is 6.42 Å². The first kappa shape index (κ1) is 16.8. The van der Waals surface area contributed by atoms with Crippen molar-refractivity contribution in [3.05, 3.63) is 12.3 Å². The highest BCUT2D eigenvalue weighted by molar-refractivity contribution is 5.69. The molecular weight excluding hydrogens is 280 g/mol. The summed E-state index contributed by atoms with van der Waals surface area (Å²) in [4.78, 5) is 11.9. The van der Waals surface area contributed by atoms with E-state index >= 15 is 0 Å². The van der Waals surface area contributed by atoms with Gasteiger partial charge in [-0.2, -0.15) is 4.68 Å². The lowest BCUT2D eigenvalue weighted by atomic mass is 10.0. The van der Waals surface area contributed by atoms with Gasteiger partial charge in [-0.3, -0.25) is 0 Å². The number of hydrogen-bond acceptors (Lipinski definition) is 4. The molecule has 0 bridgehead atoms. The van der Waals surface area contributed by atoms with Crippen molar-refractivity contribution in [2.45, 2.75) is 60.5 Å². The molecule has 0 atom stereocenters. The molecule has 1 aliphatic carbocycles. The van der Waals surface area contributed by atoms with Crippen LogP contribution in [0.5, 0.6) is 5.88 Å². The zero-order chi connectivity index (χ0) is 16.8. The maximum absolute atomic E-state index is 11.9. The third-order valence-electron chi connectivity index (χ3n) is 5.12. The minimum atomic E-state index is -0.535. The first-order chi connectivity index (χ1) is 9.95. The normalized spacial score (nSPS) is 19.8. The Bertz CT molecular complexity index is 538. The van der Waals surface area contributed by atoms with Gasteiger partial charge in [0, 0.05) is 12.3 Å². The lowest BCUT2D eigenvalue weighted by Gasteiger charge is -2.18. The molecule has 0 spiro atoms. The van der Waals surface area contributed by atoms with E-state index < -0.39 is 11.7 Å². The molecule has 1 aromatic heterocycles. The van der Waals surface area contributed by atoms with Crippen LogP contribution in [0, 0.1) is 16.7 Å². The van der Waals surface area contributed by atoms with Gasteiger partial charge < -0.3 is 9.47 Å². The molecule has 0 unspecified atom stereocenters. The van der Waals surface area contributed by atoms with Crippen LogP contribution in [0.15, 0.2) is 12.3 Å². The van der Waals surface area contributed by atoms with Gasteiger partial charge in [0.25, 0.3) is 0 Å². The molecule has 0 aromatic carbocycles. The second-order valence-corrected chi connectivity index (χ2v) is 8.21. The highest BCUT2D eigenvalue weighted by Crippen LogP contribution is 2.69. The number of nitrogens with zero attached hydrogens (tertiary/aromatic N) is 2. The van der Waals surface area contributed by atoms with Crippen LogP contribution in [0.25, 0.3) is 0 Å². The van der Waals surface area contributed by atoms with E-state index in [1.54, 1.807) is 12.3 Å². The van der Waals surface area contributed by atoms with Crippen LogP contribution in [0.3, 0.4) is 0 Å². The van der Waals surface area contributed by atoms with Gasteiger partial charge in [0.05, 0.1) is 6.61 Å². The Morgan fingerprint density at radius 1 is 1.27 bits per heavy atom. The lowest BCUT2D eigenvalue weighted by Crippen LogP contribution is -2.27. The molecule has 1 heterocycles. The third-order valence-corrected chi connectivity index (χ3v) is 5.12. The van der Waals surface area contributed by atoms with E-state index in [1.165, 1.54) is 4.68 Å². The highest BCUT2D eigenvalue weighted by Gasteiger charge is 2.63. The summed E-state index contributed by atoms with van der Waals surface area (Å²) in [6.45, 7) is 15.3. The van der Waals surface area contributed by atoms with E-state index in [-0.39, 0.29) is 0 Å². The monoisotopic (exact) mass is 308 g/mol. The number of rotatable bonds is 4. The molecule has 22 heavy (non-hydrogen) atoms. The molecule has 1 aliphatic rings. The minimum absolute atomic E-state index is 0.367. The fraction of sp³-hybridized carbons (Fsp3) is 0.765. The fourth-order valence-corrected chi connectivity index (χ4v) is 3.13. The molecule has 0 N–H and O–H groups in total. The second kappa shape index (κ2) is 5.28. The Hall–Kier alpha value is -1.52. The molecular formula is C17H28N2O3. The lowest BCUT2D eigenvalue weighted by molar-refractivity contribution is 0.0511. The van der Waals surface area contributed by atoms with Crippen molar-refractivity contribution in [3.8, 4) is 5.88 Å². The van der Waals surface area contributed by atoms with Crippen molar-refractivity contribution in [1.82, 2.24) is 9.78 Å². The zero-order valence-electron chi connectivity index (χ0n) is 14.8. The highest BCUT2D eigenvalue weighted by atomic mass is 16.6. The molecule has 0 aliphatic heterocycles. The fourth-order valence-electron chi connectivity index (χ4n) is 3.13. The maximum Gasteiger partial charge on any atom is 0.435 e. The predicted octanol–water partition coefficient (Wildman–Crippen LogP) is 4.12. The smallest absolute Gasteiger partial charge is 0.435 e. The van der Waals surface area contributed by atoms with Gasteiger partial charge in [-0.1, -0.05) is 27.7 Å². The largest absolute Gasteiger partial charge is 0.477 e. The molecule has 5 heteroatoms. The molecule has 5 nitrogen and oxygen atoms in total. The third kappa shape index (κ3) is 3.28. The van der Waals surface area contributed by atoms with Gasteiger partial charge in [-0.15, -0.1) is 5.10 Å². The van der Waals surface area contributed by atoms with E-state index in [4.69, 9.17) is 9.47 Å². The van der Waals surface area contributed by atoms with Crippen molar-refractivity contribution in [2.75, 3.05) is 6.61 Å². The number of hydrogen-bond donors (Lipinski definition) is 0. The van der Waals surface area contributed by atoms with Crippen LogP contribution in [0.4, 0.5) is 4.79 Å². The van der Waals surface area contributed by atoms with Crippen LogP contribution in [-0.4, -0.2) is 28.1 Å². The van der Waals surface area contributed by atoms with Crippen molar-refractivity contribution in [3.63, 3.8) is 0 Å². The molecule has 0 radical (unpaired) electrons. The van der Waals surface area contributed by atoms with Crippen LogP contribution >= 0.6 is 0 Å². The SMILES string of the molecule is CC(C)(C)OC(=O)n1ccc(OCCC2C(C)(C)C2(C)C)n1. The Labute approximate surface area is 133 Å². The molecule has 2 rings (SSSR count). The second-order valence-electron chi connectivity index (χ2n) is 8.21. The number of ether oxygens (including phenoxy) is 2. The van der Waals surface area contributed by atoms with Gasteiger partial charge in [-0.05, 0) is 43.9 Å². The van der Waals surface area contributed by atoms with Gasteiger partial charge in [-0.25, -0.2) is 4.79 Å². The summed E-state index contributed by atoms with van der Waals surface area (Å²) in [5.41, 5.74) is 0.200. The van der Waals surface area contributed by atoms with E-state index in [1.807, 2.05) is 20.8 Å². The first-order valence-electron chi connectivity index (χ1n) is 7.87. The summed E-state index contributed by atoms with van der Waals surface area (Å²) >= 11 is 0. The Balaban J connectivity index is 1.82. The summed E-state index contributed by atoms with van der Waals surface area (Å²) in [5.74, 6) is 1.12. The van der Waals surface area contributed by atoms with Crippen LogP contribution in [-0.2, 0) is 4.74 Å². The van der Waals surface area contributed by atoms with E-state index in [9.17, 15) is 4.79 Å². The maximum atomic E-state index is 11.9. The number of carbonyl (C=O) groups excluding carboxylic acids is 1. The van der Waals surface area contributed by atoms with Gasteiger partial charge >= 0.3 is 6.09 Å². The Morgan fingerprint density at radius 3 is 2.36 bits per heavy atom.